The maximum Gasteiger partial charge on any atom is 0.191 e. The fraction of sp³-hybridized carbons (Fsp3) is 0.750. The summed E-state index contributed by atoms with van der Waals surface area (Å²) >= 11 is 0. The van der Waals surface area contributed by atoms with Gasteiger partial charge in [-0.1, -0.05) is 12.8 Å². The van der Waals surface area contributed by atoms with Crippen molar-refractivity contribution in [2.75, 3.05) is 19.7 Å². The van der Waals surface area contributed by atoms with Crippen LogP contribution in [-0.4, -0.2) is 42.9 Å². The zero-order valence-corrected chi connectivity index (χ0v) is 18.6. The summed E-state index contributed by atoms with van der Waals surface area (Å²) in [6.07, 6.45) is 8.22. The van der Waals surface area contributed by atoms with Gasteiger partial charge >= 0.3 is 0 Å². The molecule has 0 aromatic carbocycles. The summed E-state index contributed by atoms with van der Waals surface area (Å²) in [5.74, 6) is 1.90. The van der Waals surface area contributed by atoms with Crippen LogP contribution in [0.2, 0.25) is 0 Å². The molecule has 4 rings (SSSR count). The third-order valence-electron chi connectivity index (χ3n) is 6.52. The second-order valence-electron chi connectivity index (χ2n) is 8.25. The number of rotatable bonds is 5. The van der Waals surface area contributed by atoms with Gasteiger partial charge in [0.2, 0.25) is 0 Å². The van der Waals surface area contributed by atoms with Gasteiger partial charge in [-0.2, -0.15) is 0 Å². The molecular weight excluding hydrogens is 457 g/mol. The Hall–Kier alpha value is -0.800. The first-order chi connectivity index (χ1) is 12.6. The Morgan fingerprint density at radius 1 is 1.41 bits per heavy atom. The van der Waals surface area contributed by atoms with Gasteiger partial charge in [0.25, 0.3) is 0 Å². The van der Waals surface area contributed by atoms with E-state index in [0.29, 0.717) is 23.8 Å². The van der Waals surface area contributed by atoms with Crippen molar-refractivity contribution in [2.45, 2.75) is 63.7 Å². The molecule has 7 heteroatoms. The lowest BCUT2D eigenvalue weighted by atomic mass is 9.54. The molecule has 3 aliphatic rings. The van der Waals surface area contributed by atoms with E-state index < -0.39 is 5.60 Å². The van der Waals surface area contributed by atoms with Crippen LogP contribution in [0, 0.1) is 11.3 Å². The number of guanidine groups is 1. The third kappa shape index (κ3) is 3.74. The topological polar surface area (TPSA) is 79.0 Å². The van der Waals surface area contributed by atoms with Crippen LogP contribution in [0.3, 0.4) is 0 Å². The summed E-state index contributed by atoms with van der Waals surface area (Å²) < 4.78 is 11.4. The molecule has 4 unspecified atom stereocenters. The molecule has 1 aromatic heterocycles. The Bertz CT molecular complexity index is 641. The molecule has 6 nitrogen and oxygen atoms in total. The minimum absolute atomic E-state index is 0. The normalized spacial score (nSPS) is 30.9. The highest BCUT2D eigenvalue weighted by molar-refractivity contribution is 14.0. The molecule has 0 radical (unpaired) electrons. The van der Waals surface area contributed by atoms with E-state index in [0.717, 1.165) is 25.5 Å². The number of fused-ring (bicyclic) bond motifs is 2. The lowest BCUT2D eigenvalue weighted by molar-refractivity contribution is -0.125. The highest BCUT2D eigenvalue weighted by Gasteiger charge is 2.65. The van der Waals surface area contributed by atoms with E-state index in [9.17, 15) is 5.11 Å². The molecule has 3 N–H and O–H groups in total. The molecule has 1 aromatic rings. The number of nitrogens with one attached hydrogen (secondary N) is 2. The van der Waals surface area contributed by atoms with E-state index in [-0.39, 0.29) is 35.9 Å². The zero-order valence-electron chi connectivity index (χ0n) is 16.2. The average molecular weight is 489 g/mol. The molecule has 1 saturated heterocycles. The van der Waals surface area contributed by atoms with Gasteiger partial charge in [0.05, 0.1) is 18.9 Å². The van der Waals surface area contributed by atoms with Crippen LogP contribution in [0.25, 0.3) is 0 Å². The Morgan fingerprint density at radius 2 is 2.19 bits per heavy atom. The minimum Gasteiger partial charge on any atom is -0.466 e. The maximum atomic E-state index is 10.7. The number of hydrogen-bond donors (Lipinski definition) is 3. The summed E-state index contributed by atoms with van der Waals surface area (Å²) in [5, 5.41) is 17.7. The molecular formula is C20H32IN3O3. The molecule has 4 atom stereocenters. The number of hydrogen-bond acceptors (Lipinski definition) is 4. The number of furan rings is 1. The van der Waals surface area contributed by atoms with Crippen LogP contribution in [0.15, 0.2) is 27.8 Å². The Labute approximate surface area is 178 Å². The molecule has 0 amide bonds. The van der Waals surface area contributed by atoms with Gasteiger partial charge in [0, 0.05) is 30.5 Å². The summed E-state index contributed by atoms with van der Waals surface area (Å²) in [6, 6.07) is 3.99. The van der Waals surface area contributed by atoms with E-state index in [1.54, 1.807) is 25.3 Å². The molecule has 27 heavy (non-hydrogen) atoms. The average Bonchev–Trinajstić information content (AvgIpc) is 3.37. The number of ether oxygens (including phenoxy) is 1. The lowest BCUT2D eigenvalue weighted by Gasteiger charge is -2.57. The smallest absolute Gasteiger partial charge is 0.191 e. The van der Waals surface area contributed by atoms with Crippen LogP contribution < -0.4 is 10.6 Å². The maximum absolute atomic E-state index is 10.7. The SMILES string of the molecule is CCNC(=NCC(C)(O)c1ccco1)NC1C2CCOC2C12CCCC2.I. The summed E-state index contributed by atoms with van der Waals surface area (Å²) in [7, 11) is 0. The fourth-order valence-electron chi connectivity index (χ4n) is 5.27. The predicted octanol–water partition coefficient (Wildman–Crippen LogP) is 3.01. The number of aliphatic hydroxyl groups is 1. The van der Waals surface area contributed by atoms with Crippen molar-refractivity contribution in [2.24, 2.45) is 16.3 Å². The Kier molecular flexibility index (Phi) is 6.42. The molecule has 2 aliphatic carbocycles. The van der Waals surface area contributed by atoms with E-state index in [1.165, 1.54) is 25.7 Å². The van der Waals surface area contributed by atoms with E-state index in [2.05, 4.69) is 22.5 Å². The van der Waals surface area contributed by atoms with E-state index in [4.69, 9.17) is 9.15 Å². The molecule has 3 fully saturated rings. The van der Waals surface area contributed by atoms with Crippen LogP contribution in [0.5, 0.6) is 0 Å². The van der Waals surface area contributed by atoms with Gasteiger partial charge < -0.3 is 24.9 Å². The van der Waals surface area contributed by atoms with Gasteiger partial charge in [-0.05, 0) is 45.2 Å². The molecule has 1 spiro atoms. The van der Waals surface area contributed by atoms with Crippen molar-refractivity contribution in [1.29, 1.82) is 0 Å². The van der Waals surface area contributed by atoms with E-state index >= 15 is 0 Å². The first-order valence-electron chi connectivity index (χ1n) is 10.00. The van der Waals surface area contributed by atoms with Crippen LogP contribution in [-0.2, 0) is 10.3 Å². The third-order valence-corrected chi connectivity index (χ3v) is 6.52. The summed E-state index contributed by atoms with van der Waals surface area (Å²) in [5.41, 5.74) is -0.837. The zero-order chi connectivity index (χ0) is 18.2. The monoisotopic (exact) mass is 489 g/mol. The lowest BCUT2D eigenvalue weighted by Crippen LogP contribution is -2.69. The fourth-order valence-corrected chi connectivity index (χ4v) is 5.27. The van der Waals surface area contributed by atoms with Crippen molar-refractivity contribution in [3.63, 3.8) is 0 Å². The standard InChI is InChI=1S/C20H31N3O3.HI/c1-3-21-18(22-13-19(2,24)15-7-6-11-25-15)23-16-14-8-12-26-17(14)20(16)9-4-5-10-20;/h6-7,11,14,16-17,24H,3-5,8-10,12-13H2,1-2H3,(H2,21,22,23);1H. The van der Waals surface area contributed by atoms with Gasteiger partial charge in [-0.25, -0.2) is 4.99 Å². The highest BCUT2D eigenvalue weighted by atomic mass is 127. The van der Waals surface area contributed by atoms with Crippen molar-refractivity contribution < 1.29 is 14.3 Å². The second-order valence-corrected chi connectivity index (χ2v) is 8.25. The molecule has 152 valence electrons. The van der Waals surface area contributed by atoms with Gasteiger partial charge in [-0.3, -0.25) is 0 Å². The van der Waals surface area contributed by atoms with Crippen molar-refractivity contribution >= 4 is 29.9 Å². The van der Waals surface area contributed by atoms with Crippen molar-refractivity contribution in [1.82, 2.24) is 10.6 Å². The van der Waals surface area contributed by atoms with Crippen molar-refractivity contribution in [3.8, 4) is 0 Å². The quantitative estimate of drug-likeness (QED) is 0.337. The predicted molar refractivity (Wildman–Crippen MR) is 115 cm³/mol. The first kappa shape index (κ1) is 20.9. The number of halogens is 1. The van der Waals surface area contributed by atoms with Crippen LogP contribution in [0.4, 0.5) is 0 Å². The first-order valence-corrected chi connectivity index (χ1v) is 10.00. The molecule has 0 bridgehead atoms. The summed E-state index contributed by atoms with van der Waals surface area (Å²) in [6.45, 7) is 5.73. The number of nitrogens with zero attached hydrogens (tertiary/aromatic N) is 1. The molecule has 1 aliphatic heterocycles. The second kappa shape index (κ2) is 8.29. The van der Waals surface area contributed by atoms with E-state index in [1.807, 2.05) is 0 Å². The van der Waals surface area contributed by atoms with Gasteiger partial charge in [0.1, 0.15) is 11.4 Å². The summed E-state index contributed by atoms with van der Waals surface area (Å²) in [4.78, 5) is 4.68. The van der Waals surface area contributed by atoms with Crippen molar-refractivity contribution in [3.05, 3.63) is 24.2 Å². The molecule has 2 saturated carbocycles. The number of aliphatic imine (C=N–C) groups is 1. The minimum atomic E-state index is -1.12. The highest BCUT2D eigenvalue weighted by Crippen LogP contribution is 2.60. The van der Waals surface area contributed by atoms with Crippen LogP contribution >= 0.6 is 24.0 Å². The van der Waals surface area contributed by atoms with Crippen LogP contribution in [0.1, 0.15) is 51.7 Å². The Balaban J connectivity index is 0.00000210. The molecule has 2 heterocycles. The Morgan fingerprint density at radius 3 is 2.85 bits per heavy atom. The largest absolute Gasteiger partial charge is 0.466 e. The van der Waals surface area contributed by atoms with Gasteiger partial charge in [0.15, 0.2) is 5.96 Å². The van der Waals surface area contributed by atoms with Gasteiger partial charge in [-0.15, -0.1) is 24.0 Å².